The molecule has 3 nitrogen and oxygen atoms in total. The third-order valence-corrected chi connectivity index (χ3v) is 4.28. The molecule has 2 aromatic heterocycles. The largest absolute Gasteiger partial charge is 0.301 e. The predicted octanol–water partition coefficient (Wildman–Crippen LogP) is 3.42. The van der Waals surface area contributed by atoms with Crippen molar-refractivity contribution in [1.82, 2.24) is 9.55 Å². The van der Waals surface area contributed by atoms with Crippen LogP contribution in [-0.2, 0) is 7.05 Å². The van der Waals surface area contributed by atoms with Crippen molar-refractivity contribution in [2.45, 2.75) is 0 Å². The second-order valence-electron chi connectivity index (χ2n) is 3.99. The molecule has 0 fully saturated rings. The van der Waals surface area contributed by atoms with E-state index in [4.69, 9.17) is 0 Å². The van der Waals surface area contributed by atoms with Crippen molar-refractivity contribution in [2.75, 3.05) is 0 Å². The normalized spacial score (nSPS) is 11.0. The van der Waals surface area contributed by atoms with Gasteiger partial charge in [0.1, 0.15) is 4.70 Å². The fourth-order valence-corrected chi connectivity index (χ4v) is 3.09. The third-order valence-electron chi connectivity index (χ3n) is 2.79. The summed E-state index contributed by atoms with van der Waals surface area (Å²) in [5.41, 5.74) is 2.88. The lowest BCUT2D eigenvalue weighted by atomic mass is 10.1. The van der Waals surface area contributed by atoms with Crippen LogP contribution in [0.4, 0.5) is 0 Å². The Balaban J connectivity index is 2.28. The van der Waals surface area contributed by atoms with E-state index in [1.807, 2.05) is 29.6 Å². The average molecular weight is 321 g/mol. The van der Waals surface area contributed by atoms with Crippen LogP contribution >= 0.6 is 27.3 Å². The minimum absolute atomic E-state index is 0.00774. The standard InChI is InChI=1S/C13H9BrN2OS/c1-16-7-15-11-10(6-18-12(11)13(16)17)8-2-4-9(14)5-3-8/h2-7H,1H3. The molecule has 5 heteroatoms. The fraction of sp³-hybridized carbons (Fsp3) is 0.0769. The molecule has 0 saturated heterocycles. The lowest BCUT2D eigenvalue weighted by Gasteiger charge is -2.00. The summed E-state index contributed by atoms with van der Waals surface area (Å²) in [6.45, 7) is 0. The first kappa shape index (κ1) is 11.6. The average Bonchev–Trinajstić information content (AvgIpc) is 2.79. The smallest absolute Gasteiger partial charge is 0.271 e. The first-order valence-electron chi connectivity index (χ1n) is 5.35. The Bertz CT molecular complexity index is 774. The van der Waals surface area contributed by atoms with Crippen molar-refractivity contribution < 1.29 is 0 Å². The van der Waals surface area contributed by atoms with E-state index in [-0.39, 0.29) is 5.56 Å². The van der Waals surface area contributed by atoms with E-state index >= 15 is 0 Å². The van der Waals surface area contributed by atoms with Crippen LogP contribution in [-0.4, -0.2) is 9.55 Å². The Morgan fingerprint density at radius 2 is 2.00 bits per heavy atom. The molecule has 18 heavy (non-hydrogen) atoms. The molecule has 0 bridgehead atoms. The van der Waals surface area contributed by atoms with E-state index in [0.717, 1.165) is 21.1 Å². The molecule has 90 valence electrons. The number of hydrogen-bond acceptors (Lipinski definition) is 3. The molecule has 0 saturated carbocycles. The number of aromatic nitrogens is 2. The van der Waals surface area contributed by atoms with Crippen LogP contribution in [0.25, 0.3) is 21.3 Å². The van der Waals surface area contributed by atoms with Crippen molar-refractivity contribution in [1.29, 1.82) is 0 Å². The summed E-state index contributed by atoms with van der Waals surface area (Å²) in [5, 5.41) is 1.99. The summed E-state index contributed by atoms with van der Waals surface area (Å²) in [6, 6.07) is 8.01. The first-order chi connectivity index (χ1) is 8.66. The van der Waals surface area contributed by atoms with Crippen LogP contribution in [0.1, 0.15) is 0 Å². The van der Waals surface area contributed by atoms with Crippen LogP contribution in [0.3, 0.4) is 0 Å². The highest BCUT2D eigenvalue weighted by molar-refractivity contribution is 9.10. The van der Waals surface area contributed by atoms with E-state index in [9.17, 15) is 4.79 Å². The van der Waals surface area contributed by atoms with Crippen molar-refractivity contribution in [3.8, 4) is 11.1 Å². The Morgan fingerprint density at radius 3 is 2.72 bits per heavy atom. The molecule has 0 spiro atoms. The van der Waals surface area contributed by atoms with Crippen LogP contribution < -0.4 is 5.56 Å². The maximum Gasteiger partial charge on any atom is 0.271 e. The number of rotatable bonds is 1. The van der Waals surface area contributed by atoms with Crippen molar-refractivity contribution in [3.63, 3.8) is 0 Å². The lowest BCUT2D eigenvalue weighted by Crippen LogP contribution is -2.15. The molecule has 0 atom stereocenters. The number of thiophene rings is 1. The topological polar surface area (TPSA) is 34.9 Å². The summed E-state index contributed by atoms with van der Waals surface area (Å²) in [7, 11) is 1.72. The molecular weight excluding hydrogens is 312 g/mol. The molecule has 0 aliphatic rings. The number of hydrogen-bond donors (Lipinski definition) is 0. The maximum absolute atomic E-state index is 12.0. The summed E-state index contributed by atoms with van der Waals surface area (Å²) in [4.78, 5) is 16.3. The van der Waals surface area contributed by atoms with Gasteiger partial charge in [-0.25, -0.2) is 4.98 Å². The van der Waals surface area contributed by atoms with Gasteiger partial charge in [0, 0.05) is 22.5 Å². The molecule has 0 N–H and O–H groups in total. The second-order valence-corrected chi connectivity index (χ2v) is 5.79. The van der Waals surface area contributed by atoms with Crippen LogP contribution in [0.5, 0.6) is 0 Å². The maximum atomic E-state index is 12.0. The predicted molar refractivity (Wildman–Crippen MR) is 78.0 cm³/mol. The van der Waals surface area contributed by atoms with Gasteiger partial charge in [-0.1, -0.05) is 28.1 Å². The molecular formula is C13H9BrN2OS. The number of aryl methyl sites for hydroxylation is 1. The second kappa shape index (κ2) is 4.33. The Labute approximate surface area is 116 Å². The monoisotopic (exact) mass is 320 g/mol. The summed E-state index contributed by atoms with van der Waals surface area (Å²) >= 11 is 4.86. The van der Waals surface area contributed by atoms with Crippen molar-refractivity contribution in [3.05, 3.63) is 50.8 Å². The van der Waals surface area contributed by atoms with E-state index in [0.29, 0.717) is 4.70 Å². The third kappa shape index (κ3) is 1.79. The van der Waals surface area contributed by atoms with Crippen LogP contribution in [0.15, 0.2) is 45.2 Å². The molecule has 3 aromatic rings. The SMILES string of the molecule is Cn1cnc2c(-c3ccc(Br)cc3)csc2c1=O. The van der Waals surface area contributed by atoms with Gasteiger partial charge in [-0.05, 0) is 17.7 Å². The molecule has 0 aliphatic carbocycles. The quantitative estimate of drug-likeness (QED) is 0.688. The van der Waals surface area contributed by atoms with E-state index in [2.05, 4.69) is 20.9 Å². The van der Waals surface area contributed by atoms with E-state index in [1.54, 1.807) is 13.4 Å². The van der Waals surface area contributed by atoms with E-state index in [1.165, 1.54) is 15.9 Å². The highest BCUT2D eigenvalue weighted by Gasteiger charge is 2.11. The minimum Gasteiger partial charge on any atom is -0.301 e. The van der Waals surface area contributed by atoms with Gasteiger partial charge in [-0.3, -0.25) is 4.79 Å². The number of halogens is 1. The van der Waals surface area contributed by atoms with Gasteiger partial charge in [-0.15, -0.1) is 11.3 Å². The molecule has 0 aliphatic heterocycles. The van der Waals surface area contributed by atoms with Gasteiger partial charge in [0.2, 0.25) is 0 Å². The van der Waals surface area contributed by atoms with Gasteiger partial charge in [-0.2, -0.15) is 0 Å². The highest BCUT2D eigenvalue weighted by Crippen LogP contribution is 2.31. The molecule has 0 radical (unpaired) electrons. The Morgan fingerprint density at radius 1 is 1.28 bits per heavy atom. The zero-order valence-electron chi connectivity index (χ0n) is 9.55. The summed E-state index contributed by atoms with van der Waals surface area (Å²) in [5.74, 6) is 0. The van der Waals surface area contributed by atoms with E-state index < -0.39 is 0 Å². The first-order valence-corrected chi connectivity index (χ1v) is 7.03. The summed E-state index contributed by atoms with van der Waals surface area (Å²) < 4.78 is 3.25. The van der Waals surface area contributed by atoms with Crippen molar-refractivity contribution >= 4 is 37.5 Å². The fourth-order valence-electron chi connectivity index (χ4n) is 1.82. The Hall–Kier alpha value is -1.46. The molecule has 2 heterocycles. The Kier molecular flexibility index (Phi) is 2.80. The zero-order chi connectivity index (χ0) is 12.7. The number of fused-ring (bicyclic) bond motifs is 1. The van der Waals surface area contributed by atoms with Gasteiger partial charge in [0.05, 0.1) is 11.8 Å². The van der Waals surface area contributed by atoms with Gasteiger partial charge in [0.15, 0.2) is 0 Å². The summed E-state index contributed by atoms with van der Waals surface area (Å²) in [6.07, 6.45) is 1.57. The molecule has 0 unspecified atom stereocenters. The molecule has 1 aromatic carbocycles. The highest BCUT2D eigenvalue weighted by atomic mass is 79.9. The van der Waals surface area contributed by atoms with Crippen molar-refractivity contribution in [2.24, 2.45) is 7.05 Å². The van der Waals surface area contributed by atoms with Gasteiger partial charge < -0.3 is 4.57 Å². The molecule has 3 rings (SSSR count). The number of benzene rings is 1. The van der Waals surface area contributed by atoms with Crippen LogP contribution in [0, 0.1) is 0 Å². The molecule has 0 amide bonds. The number of nitrogens with zero attached hydrogens (tertiary/aromatic N) is 2. The van der Waals surface area contributed by atoms with Gasteiger partial charge >= 0.3 is 0 Å². The van der Waals surface area contributed by atoms with Gasteiger partial charge in [0.25, 0.3) is 5.56 Å². The van der Waals surface area contributed by atoms with Crippen LogP contribution in [0.2, 0.25) is 0 Å². The zero-order valence-corrected chi connectivity index (χ0v) is 12.0. The minimum atomic E-state index is 0.00774. The lowest BCUT2D eigenvalue weighted by molar-refractivity contribution is 0.845.